The Hall–Kier alpha value is -2.24. The molecular weight excluding hydrogens is 256 g/mol. The molecule has 1 aromatic carbocycles. The zero-order valence-corrected chi connectivity index (χ0v) is 11.6. The van der Waals surface area contributed by atoms with E-state index in [0.29, 0.717) is 11.4 Å². The minimum absolute atomic E-state index is 0.0324. The van der Waals surface area contributed by atoms with Crippen LogP contribution in [0.25, 0.3) is 0 Å². The lowest BCUT2D eigenvalue weighted by Gasteiger charge is -2.21. The Kier molecular flexibility index (Phi) is 4.45. The number of rotatable bonds is 3. The maximum Gasteiger partial charge on any atom is 0.319 e. The average Bonchev–Trinajstić information content (AvgIpc) is 2.94. The third-order valence-electron chi connectivity index (χ3n) is 3.30. The molecule has 0 aliphatic carbocycles. The van der Waals surface area contributed by atoms with Gasteiger partial charge in [-0.25, -0.2) is 4.79 Å². The molecule has 6 nitrogen and oxygen atoms in total. The zero-order chi connectivity index (χ0) is 14.5. The Balaban J connectivity index is 1.84. The molecule has 2 rings (SSSR count). The summed E-state index contributed by atoms with van der Waals surface area (Å²) in [5.41, 5.74) is 6.84. The second-order valence-electron chi connectivity index (χ2n) is 4.97. The van der Waals surface area contributed by atoms with Crippen LogP contribution < -0.4 is 16.4 Å². The lowest BCUT2D eigenvalue weighted by atomic mass is 10.3. The Morgan fingerprint density at radius 1 is 1.20 bits per heavy atom. The fraction of sp³-hybridized carbons (Fsp3) is 0.429. The van der Waals surface area contributed by atoms with Gasteiger partial charge in [-0.3, -0.25) is 4.79 Å². The van der Waals surface area contributed by atoms with Gasteiger partial charge >= 0.3 is 6.03 Å². The Bertz CT molecular complexity index is 480. The summed E-state index contributed by atoms with van der Waals surface area (Å²) in [5.74, 6) is -0.0324. The average molecular weight is 276 g/mol. The van der Waals surface area contributed by atoms with Crippen LogP contribution in [0.1, 0.15) is 19.8 Å². The summed E-state index contributed by atoms with van der Waals surface area (Å²) in [6.07, 6.45) is 2.08. The molecule has 0 radical (unpaired) electrons. The second-order valence-corrected chi connectivity index (χ2v) is 4.97. The first-order valence-corrected chi connectivity index (χ1v) is 6.78. The van der Waals surface area contributed by atoms with Crippen molar-refractivity contribution in [1.29, 1.82) is 0 Å². The van der Waals surface area contributed by atoms with Gasteiger partial charge in [0.1, 0.15) is 6.04 Å². The molecule has 0 spiro atoms. The second kappa shape index (κ2) is 6.27. The fourth-order valence-corrected chi connectivity index (χ4v) is 2.20. The van der Waals surface area contributed by atoms with Gasteiger partial charge < -0.3 is 21.3 Å². The van der Waals surface area contributed by atoms with Gasteiger partial charge in [0.15, 0.2) is 0 Å². The van der Waals surface area contributed by atoms with E-state index in [1.54, 1.807) is 36.1 Å². The number of nitrogens with zero attached hydrogens (tertiary/aromatic N) is 1. The van der Waals surface area contributed by atoms with Crippen molar-refractivity contribution in [3.8, 4) is 0 Å². The third kappa shape index (κ3) is 3.63. The lowest BCUT2D eigenvalue weighted by molar-refractivity contribution is -0.131. The molecule has 108 valence electrons. The number of urea groups is 1. The lowest BCUT2D eigenvalue weighted by Crippen LogP contribution is -2.47. The van der Waals surface area contributed by atoms with E-state index in [4.69, 9.17) is 5.73 Å². The minimum Gasteiger partial charge on any atom is -0.399 e. The van der Waals surface area contributed by atoms with E-state index in [-0.39, 0.29) is 5.91 Å². The minimum atomic E-state index is -0.526. The van der Waals surface area contributed by atoms with Crippen LogP contribution in [0.15, 0.2) is 24.3 Å². The number of amides is 3. The van der Waals surface area contributed by atoms with Crippen LogP contribution >= 0.6 is 0 Å². The highest BCUT2D eigenvalue weighted by molar-refractivity contribution is 5.93. The first kappa shape index (κ1) is 14.2. The summed E-state index contributed by atoms with van der Waals surface area (Å²) >= 11 is 0. The predicted molar refractivity (Wildman–Crippen MR) is 78.3 cm³/mol. The first-order chi connectivity index (χ1) is 9.56. The predicted octanol–water partition coefficient (Wildman–Crippen LogP) is 1.40. The number of nitrogens with two attached hydrogens (primary N) is 1. The van der Waals surface area contributed by atoms with Crippen molar-refractivity contribution in [3.05, 3.63) is 24.3 Å². The van der Waals surface area contributed by atoms with E-state index < -0.39 is 12.1 Å². The summed E-state index contributed by atoms with van der Waals surface area (Å²) < 4.78 is 0. The van der Waals surface area contributed by atoms with Crippen LogP contribution in [0.4, 0.5) is 16.2 Å². The molecule has 1 saturated heterocycles. The van der Waals surface area contributed by atoms with Crippen LogP contribution in [0.3, 0.4) is 0 Å². The van der Waals surface area contributed by atoms with Crippen LogP contribution in [0.2, 0.25) is 0 Å². The molecular formula is C14H20N4O2. The number of likely N-dealkylation sites (tertiary alicyclic amines) is 1. The smallest absolute Gasteiger partial charge is 0.319 e. The molecule has 6 heteroatoms. The molecule has 0 bridgehead atoms. The molecule has 3 amide bonds. The maximum absolute atomic E-state index is 12.0. The van der Waals surface area contributed by atoms with Gasteiger partial charge in [-0.2, -0.15) is 0 Å². The standard InChI is InChI=1S/C14H20N4O2/c1-10(13(19)18-8-2-3-9-18)16-14(20)17-12-6-4-11(15)5-7-12/h4-7,10H,2-3,8-9,15H2,1H3,(H2,16,17,20). The summed E-state index contributed by atoms with van der Waals surface area (Å²) in [7, 11) is 0. The van der Waals surface area contributed by atoms with Crippen molar-refractivity contribution >= 4 is 23.3 Å². The molecule has 1 aliphatic heterocycles. The summed E-state index contributed by atoms with van der Waals surface area (Å²) in [4.78, 5) is 25.6. The van der Waals surface area contributed by atoms with Crippen molar-refractivity contribution in [1.82, 2.24) is 10.2 Å². The molecule has 0 aromatic heterocycles. The van der Waals surface area contributed by atoms with Crippen molar-refractivity contribution in [2.24, 2.45) is 0 Å². The number of carbonyl (C=O) groups excluding carboxylic acids is 2. The highest BCUT2D eigenvalue weighted by atomic mass is 16.2. The van der Waals surface area contributed by atoms with Gasteiger partial charge in [0.2, 0.25) is 5.91 Å². The summed E-state index contributed by atoms with van der Waals surface area (Å²) in [6.45, 7) is 3.26. The molecule has 0 saturated carbocycles. The number of anilines is 2. The van der Waals surface area contributed by atoms with E-state index in [0.717, 1.165) is 25.9 Å². The van der Waals surface area contributed by atoms with Gasteiger partial charge in [0.25, 0.3) is 0 Å². The molecule has 1 atom stereocenters. The first-order valence-electron chi connectivity index (χ1n) is 6.78. The highest BCUT2D eigenvalue weighted by Gasteiger charge is 2.24. The SMILES string of the molecule is CC(NC(=O)Nc1ccc(N)cc1)C(=O)N1CCCC1. The molecule has 20 heavy (non-hydrogen) atoms. The monoisotopic (exact) mass is 276 g/mol. The number of nitrogens with one attached hydrogen (secondary N) is 2. The number of hydrogen-bond donors (Lipinski definition) is 3. The normalized spacial score (nSPS) is 15.8. The van der Waals surface area contributed by atoms with Crippen LogP contribution in [-0.4, -0.2) is 36.0 Å². The number of carbonyl (C=O) groups is 2. The van der Waals surface area contributed by atoms with Crippen molar-refractivity contribution in [2.75, 3.05) is 24.1 Å². The Labute approximate surface area is 118 Å². The number of hydrogen-bond acceptors (Lipinski definition) is 3. The third-order valence-corrected chi connectivity index (χ3v) is 3.30. The van der Waals surface area contributed by atoms with Gasteiger partial charge in [-0.1, -0.05) is 0 Å². The topological polar surface area (TPSA) is 87.5 Å². The van der Waals surface area contributed by atoms with E-state index in [2.05, 4.69) is 10.6 Å². The summed E-state index contributed by atoms with van der Waals surface area (Å²) in [5, 5.41) is 5.32. The molecule has 4 N–H and O–H groups in total. The van der Waals surface area contributed by atoms with Crippen molar-refractivity contribution < 1.29 is 9.59 Å². The maximum atomic E-state index is 12.0. The Morgan fingerprint density at radius 2 is 1.80 bits per heavy atom. The van der Waals surface area contributed by atoms with Gasteiger partial charge in [0.05, 0.1) is 0 Å². The van der Waals surface area contributed by atoms with E-state index in [1.165, 1.54) is 0 Å². The van der Waals surface area contributed by atoms with Crippen LogP contribution in [0.5, 0.6) is 0 Å². The van der Waals surface area contributed by atoms with E-state index in [9.17, 15) is 9.59 Å². The number of nitrogen functional groups attached to an aromatic ring is 1. The highest BCUT2D eigenvalue weighted by Crippen LogP contribution is 2.11. The van der Waals surface area contributed by atoms with E-state index >= 15 is 0 Å². The largest absolute Gasteiger partial charge is 0.399 e. The zero-order valence-electron chi connectivity index (χ0n) is 11.6. The Morgan fingerprint density at radius 3 is 2.40 bits per heavy atom. The van der Waals surface area contributed by atoms with Crippen LogP contribution in [0, 0.1) is 0 Å². The van der Waals surface area contributed by atoms with Crippen molar-refractivity contribution in [3.63, 3.8) is 0 Å². The van der Waals surface area contributed by atoms with Gasteiger partial charge in [0, 0.05) is 24.5 Å². The fourth-order valence-electron chi connectivity index (χ4n) is 2.20. The summed E-state index contributed by atoms with van der Waals surface area (Å²) in [6, 6.07) is 5.91. The van der Waals surface area contributed by atoms with Gasteiger partial charge in [-0.05, 0) is 44.0 Å². The molecule has 1 unspecified atom stereocenters. The van der Waals surface area contributed by atoms with E-state index in [1.807, 2.05) is 0 Å². The number of benzene rings is 1. The molecule has 1 aliphatic rings. The van der Waals surface area contributed by atoms with Crippen molar-refractivity contribution in [2.45, 2.75) is 25.8 Å². The van der Waals surface area contributed by atoms with Gasteiger partial charge in [-0.15, -0.1) is 0 Å². The molecule has 1 heterocycles. The van der Waals surface area contributed by atoms with Crippen LogP contribution in [-0.2, 0) is 4.79 Å². The molecule has 1 aromatic rings. The quantitative estimate of drug-likeness (QED) is 0.729. The molecule has 1 fully saturated rings.